The third-order valence-electron chi connectivity index (χ3n) is 2.35. The van der Waals surface area contributed by atoms with Crippen molar-refractivity contribution < 1.29 is 13.9 Å². The molecule has 1 aromatic rings. The van der Waals surface area contributed by atoms with E-state index in [2.05, 4.69) is 10.6 Å². The predicted molar refractivity (Wildman–Crippen MR) is 67.6 cm³/mol. The van der Waals surface area contributed by atoms with E-state index in [0.717, 1.165) is 12.0 Å². The molecule has 0 heterocycles. The summed E-state index contributed by atoms with van der Waals surface area (Å²) in [5.74, 6) is -0.333. The molecule has 1 aromatic carbocycles. The third-order valence-corrected chi connectivity index (χ3v) is 2.35. The van der Waals surface area contributed by atoms with Gasteiger partial charge < -0.3 is 15.4 Å². The Hall–Kier alpha value is -1.46. The van der Waals surface area contributed by atoms with E-state index in [0.29, 0.717) is 19.7 Å². The minimum absolute atomic E-state index is 0.0671. The number of amides is 1. The Kier molecular flexibility index (Phi) is 6.98. The van der Waals surface area contributed by atoms with Crippen molar-refractivity contribution in [2.75, 3.05) is 26.8 Å². The van der Waals surface area contributed by atoms with Crippen LogP contribution in [-0.4, -0.2) is 32.7 Å². The first-order valence-electron chi connectivity index (χ1n) is 5.93. The molecule has 0 aromatic heterocycles. The molecule has 2 N–H and O–H groups in total. The number of methoxy groups -OCH3 is 1. The lowest BCUT2D eigenvalue weighted by Crippen LogP contribution is -2.34. The summed E-state index contributed by atoms with van der Waals surface area (Å²) in [4.78, 5) is 11.4. The first-order valence-corrected chi connectivity index (χ1v) is 5.93. The number of ether oxygens (including phenoxy) is 1. The van der Waals surface area contributed by atoms with Gasteiger partial charge in [0.05, 0.1) is 6.54 Å². The van der Waals surface area contributed by atoms with Crippen LogP contribution < -0.4 is 10.6 Å². The van der Waals surface area contributed by atoms with Gasteiger partial charge in [0.2, 0.25) is 5.91 Å². The van der Waals surface area contributed by atoms with E-state index in [1.807, 2.05) is 6.07 Å². The van der Waals surface area contributed by atoms with E-state index in [1.165, 1.54) is 12.1 Å². The summed E-state index contributed by atoms with van der Waals surface area (Å²) in [5, 5.41) is 5.72. The maximum absolute atomic E-state index is 12.9. The number of benzene rings is 1. The zero-order valence-corrected chi connectivity index (χ0v) is 10.5. The Balaban J connectivity index is 2.12. The highest BCUT2D eigenvalue weighted by atomic mass is 19.1. The average molecular weight is 254 g/mol. The van der Waals surface area contributed by atoms with E-state index in [4.69, 9.17) is 4.74 Å². The number of carbonyl (C=O) groups excluding carboxylic acids is 1. The first-order chi connectivity index (χ1) is 8.72. The smallest absolute Gasteiger partial charge is 0.233 e. The van der Waals surface area contributed by atoms with Crippen LogP contribution in [-0.2, 0) is 16.1 Å². The normalized spacial score (nSPS) is 10.3. The summed E-state index contributed by atoms with van der Waals surface area (Å²) in [6, 6.07) is 6.30. The lowest BCUT2D eigenvalue weighted by Gasteiger charge is -2.06. The summed E-state index contributed by atoms with van der Waals surface area (Å²) in [6.07, 6.45) is 0.798. The van der Waals surface area contributed by atoms with Crippen LogP contribution in [0.15, 0.2) is 24.3 Å². The predicted octanol–water partition coefficient (Wildman–Crippen LogP) is 1.07. The molecule has 0 aliphatic heterocycles. The van der Waals surface area contributed by atoms with Gasteiger partial charge in [-0.25, -0.2) is 4.39 Å². The van der Waals surface area contributed by atoms with Crippen LogP contribution >= 0.6 is 0 Å². The van der Waals surface area contributed by atoms with Gasteiger partial charge >= 0.3 is 0 Å². The van der Waals surface area contributed by atoms with Crippen LogP contribution in [0.3, 0.4) is 0 Å². The standard InChI is InChI=1S/C13H19FN2O2/c1-18-7-3-6-16-13(17)10-15-9-11-4-2-5-12(14)8-11/h2,4-5,8,15H,3,6-7,9-10H2,1H3,(H,16,17). The van der Waals surface area contributed by atoms with Crippen molar-refractivity contribution in [3.63, 3.8) is 0 Å². The molecular weight excluding hydrogens is 235 g/mol. The van der Waals surface area contributed by atoms with E-state index in [1.54, 1.807) is 13.2 Å². The number of carbonyl (C=O) groups is 1. The monoisotopic (exact) mass is 254 g/mol. The number of hydrogen-bond acceptors (Lipinski definition) is 3. The molecule has 0 aliphatic rings. The molecule has 0 bridgehead atoms. The molecule has 5 heteroatoms. The Morgan fingerprint density at radius 1 is 1.44 bits per heavy atom. The molecule has 0 spiro atoms. The van der Waals surface area contributed by atoms with Gasteiger partial charge in [-0.1, -0.05) is 12.1 Å². The van der Waals surface area contributed by atoms with Crippen LogP contribution in [0.25, 0.3) is 0 Å². The largest absolute Gasteiger partial charge is 0.385 e. The molecule has 0 aliphatic carbocycles. The maximum Gasteiger partial charge on any atom is 0.233 e. The van der Waals surface area contributed by atoms with Gasteiger partial charge in [0.1, 0.15) is 5.82 Å². The van der Waals surface area contributed by atoms with Crippen LogP contribution in [0.1, 0.15) is 12.0 Å². The average Bonchev–Trinajstić information content (AvgIpc) is 2.35. The number of halogens is 1. The molecule has 1 amide bonds. The van der Waals surface area contributed by atoms with E-state index in [-0.39, 0.29) is 18.3 Å². The number of hydrogen-bond donors (Lipinski definition) is 2. The summed E-state index contributed by atoms with van der Waals surface area (Å²) in [5.41, 5.74) is 0.821. The fraction of sp³-hybridized carbons (Fsp3) is 0.462. The lowest BCUT2D eigenvalue weighted by molar-refractivity contribution is -0.120. The Morgan fingerprint density at radius 2 is 2.28 bits per heavy atom. The van der Waals surface area contributed by atoms with Crippen LogP contribution in [0, 0.1) is 5.82 Å². The third kappa shape index (κ3) is 6.32. The summed E-state index contributed by atoms with van der Waals surface area (Å²) in [6.45, 7) is 1.94. The Bertz CT molecular complexity index is 372. The number of rotatable bonds is 8. The molecule has 0 saturated heterocycles. The first kappa shape index (κ1) is 14.6. The molecule has 18 heavy (non-hydrogen) atoms. The molecule has 0 radical (unpaired) electrons. The summed E-state index contributed by atoms with van der Waals surface area (Å²) < 4.78 is 17.7. The summed E-state index contributed by atoms with van der Waals surface area (Å²) >= 11 is 0. The van der Waals surface area contributed by atoms with Crippen molar-refractivity contribution in [3.05, 3.63) is 35.6 Å². The van der Waals surface area contributed by atoms with Crippen LogP contribution in [0.5, 0.6) is 0 Å². The van der Waals surface area contributed by atoms with E-state index < -0.39 is 0 Å². The topological polar surface area (TPSA) is 50.4 Å². The van der Waals surface area contributed by atoms with Gasteiger partial charge in [0.25, 0.3) is 0 Å². The van der Waals surface area contributed by atoms with Gasteiger partial charge in [0.15, 0.2) is 0 Å². The fourth-order valence-electron chi connectivity index (χ4n) is 1.47. The molecule has 100 valence electrons. The molecule has 4 nitrogen and oxygen atoms in total. The van der Waals surface area contributed by atoms with Crippen LogP contribution in [0.2, 0.25) is 0 Å². The molecule has 0 atom stereocenters. The maximum atomic E-state index is 12.9. The SMILES string of the molecule is COCCCNC(=O)CNCc1cccc(F)c1. The van der Waals surface area contributed by atoms with Crippen molar-refractivity contribution in [1.29, 1.82) is 0 Å². The lowest BCUT2D eigenvalue weighted by atomic mass is 10.2. The van der Waals surface area contributed by atoms with Crippen molar-refractivity contribution in [2.24, 2.45) is 0 Å². The Labute approximate surface area is 107 Å². The van der Waals surface area contributed by atoms with Gasteiger partial charge in [-0.2, -0.15) is 0 Å². The quantitative estimate of drug-likeness (QED) is 0.682. The van der Waals surface area contributed by atoms with Crippen LogP contribution in [0.4, 0.5) is 4.39 Å². The zero-order chi connectivity index (χ0) is 13.2. The van der Waals surface area contributed by atoms with E-state index >= 15 is 0 Å². The van der Waals surface area contributed by atoms with Gasteiger partial charge in [-0.3, -0.25) is 4.79 Å². The highest BCUT2D eigenvalue weighted by Gasteiger charge is 2.00. The molecule has 0 unspecified atom stereocenters. The van der Waals surface area contributed by atoms with Gasteiger partial charge in [0, 0.05) is 26.8 Å². The molecule has 0 fully saturated rings. The second kappa shape index (κ2) is 8.60. The second-order valence-electron chi connectivity index (χ2n) is 3.93. The van der Waals surface area contributed by atoms with Crippen molar-refractivity contribution in [1.82, 2.24) is 10.6 Å². The minimum atomic E-state index is -0.265. The molecular formula is C13H19FN2O2. The van der Waals surface area contributed by atoms with Crippen molar-refractivity contribution >= 4 is 5.91 Å². The fourth-order valence-corrected chi connectivity index (χ4v) is 1.47. The Morgan fingerprint density at radius 3 is 3.00 bits per heavy atom. The minimum Gasteiger partial charge on any atom is -0.385 e. The highest BCUT2D eigenvalue weighted by Crippen LogP contribution is 2.02. The van der Waals surface area contributed by atoms with Gasteiger partial charge in [-0.15, -0.1) is 0 Å². The van der Waals surface area contributed by atoms with Gasteiger partial charge in [-0.05, 0) is 24.1 Å². The van der Waals surface area contributed by atoms with Crippen molar-refractivity contribution in [2.45, 2.75) is 13.0 Å². The van der Waals surface area contributed by atoms with E-state index in [9.17, 15) is 9.18 Å². The van der Waals surface area contributed by atoms with Crippen molar-refractivity contribution in [3.8, 4) is 0 Å². The molecule has 1 rings (SSSR count). The number of nitrogens with one attached hydrogen (secondary N) is 2. The molecule has 0 saturated carbocycles. The summed E-state index contributed by atoms with van der Waals surface area (Å²) in [7, 11) is 1.63. The zero-order valence-electron chi connectivity index (χ0n) is 10.5. The second-order valence-corrected chi connectivity index (χ2v) is 3.93. The highest BCUT2D eigenvalue weighted by molar-refractivity contribution is 5.77.